The maximum Gasteiger partial charge on any atom is 0.312 e. The van der Waals surface area contributed by atoms with Gasteiger partial charge in [-0.3, -0.25) is 9.59 Å². The summed E-state index contributed by atoms with van der Waals surface area (Å²) in [5.41, 5.74) is 3.25. The lowest BCUT2D eigenvalue weighted by Crippen LogP contribution is -2.49. The van der Waals surface area contributed by atoms with E-state index in [1.165, 1.54) is 7.11 Å². The minimum absolute atomic E-state index is 0.177. The molecule has 1 aromatic rings. The van der Waals surface area contributed by atoms with E-state index in [4.69, 9.17) is 9.57 Å². The summed E-state index contributed by atoms with van der Waals surface area (Å²) in [6.07, 6.45) is 0.941. The molecule has 0 aliphatic carbocycles. The molecule has 0 fully saturated rings. The van der Waals surface area contributed by atoms with E-state index in [9.17, 15) is 9.59 Å². The number of rotatable bonds is 9. The first-order valence-corrected chi connectivity index (χ1v) is 7.41. The van der Waals surface area contributed by atoms with Crippen molar-refractivity contribution in [3.05, 3.63) is 35.9 Å². The van der Waals surface area contributed by atoms with Crippen LogP contribution >= 0.6 is 0 Å². The molecule has 0 spiro atoms. The Labute approximate surface area is 131 Å². The quantitative estimate of drug-likeness (QED) is 0.432. The highest BCUT2D eigenvalue weighted by Gasteiger charge is 2.38. The third-order valence-corrected chi connectivity index (χ3v) is 3.74. The molecular weight excluding hydrogens is 282 g/mol. The fraction of sp³-hybridized carbons (Fsp3) is 0.529. The van der Waals surface area contributed by atoms with E-state index >= 15 is 0 Å². The first-order chi connectivity index (χ1) is 10.4. The molecule has 0 radical (unpaired) electrons. The molecule has 0 saturated carbocycles. The van der Waals surface area contributed by atoms with E-state index in [1.807, 2.05) is 37.3 Å². The Balaban J connectivity index is 3.17. The predicted molar refractivity (Wildman–Crippen MR) is 84.0 cm³/mol. The highest BCUT2D eigenvalue weighted by atomic mass is 16.7. The first-order valence-electron chi connectivity index (χ1n) is 7.41. The summed E-state index contributed by atoms with van der Waals surface area (Å²) in [6.45, 7) is 6.48. The monoisotopic (exact) mass is 307 g/mol. The van der Waals surface area contributed by atoms with Gasteiger partial charge in [0, 0.05) is 5.92 Å². The van der Waals surface area contributed by atoms with Gasteiger partial charge in [-0.2, -0.15) is 0 Å². The van der Waals surface area contributed by atoms with Crippen molar-refractivity contribution in [2.24, 2.45) is 5.92 Å². The Hall–Kier alpha value is -1.88. The summed E-state index contributed by atoms with van der Waals surface area (Å²) in [4.78, 5) is 27.3. The number of hydrogen-bond acceptors (Lipinski definition) is 5. The van der Waals surface area contributed by atoms with Crippen LogP contribution in [-0.2, 0) is 19.2 Å². The topological polar surface area (TPSA) is 64.6 Å². The molecule has 5 heteroatoms. The molecule has 2 atom stereocenters. The second-order valence-corrected chi connectivity index (χ2v) is 6.08. The molecule has 0 heterocycles. The molecule has 1 aromatic carbocycles. The standard InChI is InChI=1S/C17H25NO4/c1-13(2)11-17(3,18-22-12-19)15(10-16(20)21-4)14-8-6-5-7-9-14/h5-9,12-13,15,18H,10-11H2,1-4H3. The van der Waals surface area contributed by atoms with Crippen molar-refractivity contribution < 1.29 is 19.2 Å². The zero-order chi connectivity index (χ0) is 16.6. The third kappa shape index (κ3) is 5.15. The van der Waals surface area contributed by atoms with Gasteiger partial charge in [-0.05, 0) is 24.8 Å². The van der Waals surface area contributed by atoms with Crippen molar-refractivity contribution in [1.82, 2.24) is 5.48 Å². The van der Waals surface area contributed by atoms with Gasteiger partial charge in [-0.15, -0.1) is 5.48 Å². The number of carbonyl (C=O) groups is 2. The lowest BCUT2D eigenvalue weighted by molar-refractivity contribution is -0.144. The molecule has 0 aliphatic heterocycles. The van der Waals surface area contributed by atoms with Crippen molar-refractivity contribution in [1.29, 1.82) is 0 Å². The summed E-state index contributed by atoms with van der Waals surface area (Å²) >= 11 is 0. The first kappa shape index (κ1) is 18.2. The molecule has 1 N–H and O–H groups in total. The molecule has 0 bridgehead atoms. The van der Waals surface area contributed by atoms with Gasteiger partial charge >= 0.3 is 12.4 Å². The Morgan fingerprint density at radius 1 is 1.32 bits per heavy atom. The Kier molecular flexibility index (Phi) is 7.05. The van der Waals surface area contributed by atoms with E-state index in [-0.39, 0.29) is 18.3 Å². The summed E-state index contributed by atoms with van der Waals surface area (Å²) < 4.78 is 4.83. The number of esters is 1. The minimum atomic E-state index is -0.579. The van der Waals surface area contributed by atoms with Gasteiger partial charge in [0.2, 0.25) is 0 Å². The molecule has 1 rings (SSSR count). The molecule has 22 heavy (non-hydrogen) atoms. The molecule has 122 valence electrons. The van der Waals surface area contributed by atoms with Crippen LogP contribution in [0.5, 0.6) is 0 Å². The van der Waals surface area contributed by atoms with E-state index in [0.717, 1.165) is 12.0 Å². The van der Waals surface area contributed by atoms with Gasteiger partial charge in [-0.1, -0.05) is 44.2 Å². The van der Waals surface area contributed by atoms with E-state index in [2.05, 4.69) is 19.3 Å². The zero-order valence-electron chi connectivity index (χ0n) is 13.7. The maximum atomic E-state index is 11.8. The largest absolute Gasteiger partial charge is 0.469 e. The van der Waals surface area contributed by atoms with Crippen LogP contribution in [0.15, 0.2) is 30.3 Å². The second kappa shape index (κ2) is 8.54. The van der Waals surface area contributed by atoms with Crippen molar-refractivity contribution in [3.8, 4) is 0 Å². The van der Waals surface area contributed by atoms with Crippen LogP contribution in [-0.4, -0.2) is 25.1 Å². The highest BCUT2D eigenvalue weighted by Crippen LogP contribution is 2.36. The van der Waals surface area contributed by atoms with Crippen LogP contribution < -0.4 is 5.48 Å². The van der Waals surface area contributed by atoms with Gasteiger partial charge in [0.1, 0.15) is 0 Å². The average molecular weight is 307 g/mol. The third-order valence-electron chi connectivity index (χ3n) is 3.74. The van der Waals surface area contributed by atoms with Crippen molar-refractivity contribution in [3.63, 3.8) is 0 Å². The van der Waals surface area contributed by atoms with Crippen molar-refractivity contribution in [2.45, 2.75) is 45.1 Å². The Bertz CT molecular complexity index is 475. The lowest BCUT2D eigenvalue weighted by Gasteiger charge is -2.38. The number of carbonyl (C=O) groups excluding carboxylic acids is 2. The molecule has 0 saturated heterocycles. The lowest BCUT2D eigenvalue weighted by atomic mass is 9.74. The molecule has 2 unspecified atom stereocenters. The average Bonchev–Trinajstić information content (AvgIpc) is 2.50. The minimum Gasteiger partial charge on any atom is -0.469 e. The predicted octanol–water partition coefficient (Wildman–Crippen LogP) is 2.82. The number of benzene rings is 1. The van der Waals surface area contributed by atoms with Gasteiger partial charge in [0.15, 0.2) is 0 Å². The van der Waals surface area contributed by atoms with Crippen LogP contribution in [0.2, 0.25) is 0 Å². The summed E-state index contributed by atoms with van der Waals surface area (Å²) in [5, 5.41) is 0. The summed E-state index contributed by atoms with van der Waals surface area (Å²) in [5.74, 6) is -0.114. The molecule has 5 nitrogen and oxygen atoms in total. The fourth-order valence-electron chi connectivity index (χ4n) is 2.91. The van der Waals surface area contributed by atoms with Gasteiger partial charge in [0.05, 0.1) is 19.1 Å². The Morgan fingerprint density at radius 2 is 1.95 bits per heavy atom. The van der Waals surface area contributed by atoms with E-state index in [0.29, 0.717) is 12.4 Å². The van der Waals surface area contributed by atoms with Gasteiger partial charge in [-0.25, -0.2) is 0 Å². The second-order valence-electron chi connectivity index (χ2n) is 6.08. The Morgan fingerprint density at radius 3 is 2.45 bits per heavy atom. The molecule has 0 amide bonds. The molecule has 0 aromatic heterocycles. The van der Waals surface area contributed by atoms with Gasteiger partial charge in [0.25, 0.3) is 0 Å². The highest BCUT2D eigenvalue weighted by molar-refractivity contribution is 5.70. The van der Waals surface area contributed by atoms with Crippen LogP contribution in [0.25, 0.3) is 0 Å². The fourth-order valence-corrected chi connectivity index (χ4v) is 2.91. The normalized spacial score (nSPS) is 15.0. The number of ether oxygens (including phenoxy) is 1. The number of hydroxylamine groups is 1. The van der Waals surface area contributed by atoms with E-state index < -0.39 is 5.54 Å². The van der Waals surface area contributed by atoms with Crippen LogP contribution in [0, 0.1) is 5.92 Å². The van der Waals surface area contributed by atoms with Crippen LogP contribution in [0.3, 0.4) is 0 Å². The number of hydrogen-bond donors (Lipinski definition) is 1. The summed E-state index contributed by atoms with van der Waals surface area (Å²) in [7, 11) is 1.37. The van der Waals surface area contributed by atoms with Gasteiger partial charge < -0.3 is 9.57 Å². The summed E-state index contributed by atoms with van der Waals surface area (Å²) in [6, 6.07) is 9.71. The smallest absolute Gasteiger partial charge is 0.312 e. The molecular formula is C17H25NO4. The molecule has 0 aliphatic rings. The van der Waals surface area contributed by atoms with E-state index in [1.54, 1.807) is 0 Å². The number of methoxy groups -OCH3 is 1. The van der Waals surface area contributed by atoms with Crippen LogP contribution in [0.1, 0.15) is 45.1 Å². The SMILES string of the molecule is COC(=O)CC(c1ccccc1)C(C)(CC(C)C)NOC=O. The maximum absolute atomic E-state index is 11.8. The zero-order valence-corrected chi connectivity index (χ0v) is 13.7. The van der Waals surface area contributed by atoms with Crippen molar-refractivity contribution >= 4 is 12.4 Å². The van der Waals surface area contributed by atoms with Crippen LogP contribution in [0.4, 0.5) is 0 Å². The van der Waals surface area contributed by atoms with Crippen molar-refractivity contribution in [2.75, 3.05) is 7.11 Å². The number of nitrogens with one attached hydrogen (secondary N) is 1.